The molecule has 2 bridgehead atoms. The summed E-state index contributed by atoms with van der Waals surface area (Å²) in [7, 11) is 0. The van der Waals surface area contributed by atoms with Crippen molar-refractivity contribution < 1.29 is 0 Å². The number of nitrogens with zero attached hydrogens (tertiary/aromatic N) is 3. The molecule has 4 rings (SSSR count). The van der Waals surface area contributed by atoms with Crippen molar-refractivity contribution in [3.8, 4) is 11.3 Å². The molecule has 0 saturated carbocycles. The molecule has 4 nitrogen and oxygen atoms in total. The Labute approximate surface area is 153 Å². The average molecular weight is 358 g/mol. The Bertz CT molecular complexity index is 828. The number of rotatable bonds is 3. The van der Waals surface area contributed by atoms with E-state index in [0.717, 1.165) is 37.4 Å². The average Bonchev–Trinajstić information content (AvgIpc) is 2.55. The zero-order valence-corrected chi connectivity index (χ0v) is 15.5. The minimum absolute atomic E-state index is 0.0938. The molecule has 0 spiro atoms. The number of fused-ring (bicyclic) bond motifs is 4. The fraction of sp³-hybridized carbons (Fsp3) is 0.500. The lowest BCUT2D eigenvalue weighted by Crippen LogP contribution is -2.48. The highest BCUT2D eigenvalue weighted by atomic mass is 35.5. The lowest BCUT2D eigenvalue weighted by Gasteiger charge is -2.43. The lowest BCUT2D eigenvalue weighted by atomic mass is 9.82. The van der Waals surface area contributed by atoms with Crippen molar-refractivity contribution in [1.82, 2.24) is 14.5 Å². The SMILES string of the molecule is CC(C)CN1C[C@@H]2C[C@H](C1)c1cc(-c3ccc(Cl)cn3)cc(=O)n1C2. The monoisotopic (exact) mass is 357 g/mol. The number of halogens is 1. The summed E-state index contributed by atoms with van der Waals surface area (Å²) >= 11 is 5.94. The molecule has 1 saturated heterocycles. The summed E-state index contributed by atoms with van der Waals surface area (Å²) in [6.45, 7) is 8.68. The number of likely N-dealkylation sites (tertiary alicyclic amines) is 1. The van der Waals surface area contributed by atoms with Gasteiger partial charge in [-0.25, -0.2) is 0 Å². The minimum Gasteiger partial charge on any atom is -0.312 e. The van der Waals surface area contributed by atoms with Crippen LogP contribution in [0.3, 0.4) is 0 Å². The molecule has 0 aliphatic carbocycles. The van der Waals surface area contributed by atoms with E-state index in [2.05, 4.69) is 29.8 Å². The van der Waals surface area contributed by atoms with E-state index in [4.69, 9.17) is 11.6 Å². The Morgan fingerprint density at radius 2 is 2.08 bits per heavy atom. The third-order valence-electron chi connectivity index (χ3n) is 5.28. The van der Waals surface area contributed by atoms with E-state index in [9.17, 15) is 4.79 Å². The maximum Gasteiger partial charge on any atom is 0.251 e. The Balaban J connectivity index is 1.70. The van der Waals surface area contributed by atoms with Gasteiger partial charge in [-0.3, -0.25) is 9.78 Å². The van der Waals surface area contributed by atoms with Crippen molar-refractivity contribution in [1.29, 1.82) is 0 Å². The molecular weight excluding hydrogens is 334 g/mol. The van der Waals surface area contributed by atoms with Gasteiger partial charge in [-0.1, -0.05) is 25.4 Å². The van der Waals surface area contributed by atoms with Gasteiger partial charge < -0.3 is 9.47 Å². The molecule has 2 aliphatic rings. The summed E-state index contributed by atoms with van der Waals surface area (Å²) in [4.78, 5) is 19.7. The standard InChI is InChI=1S/C20H24ClN3O/c1-13(2)9-23-10-14-5-16(12-23)19-6-15(7-20(25)24(19)11-14)18-4-3-17(21)8-22-18/h3-4,6-8,13-14,16H,5,9-12H2,1-2H3/t14-,16+/m0/s1. The van der Waals surface area contributed by atoms with E-state index in [1.807, 2.05) is 16.7 Å². The Morgan fingerprint density at radius 3 is 2.80 bits per heavy atom. The topological polar surface area (TPSA) is 38.1 Å². The summed E-state index contributed by atoms with van der Waals surface area (Å²) in [6.07, 6.45) is 2.82. The van der Waals surface area contributed by atoms with Crippen LogP contribution >= 0.6 is 11.6 Å². The molecule has 5 heteroatoms. The van der Waals surface area contributed by atoms with Gasteiger partial charge in [0, 0.05) is 55.6 Å². The van der Waals surface area contributed by atoms with Crippen LogP contribution in [0.5, 0.6) is 0 Å². The van der Waals surface area contributed by atoms with Gasteiger partial charge in [-0.05, 0) is 36.5 Å². The molecule has 4 heterocycles. The molecule has 0 radical (unpaired) electrons. The van der Waals surface area contributed by atoms with Crippen molar-refractivity contribution >= 4 is 11.6 Å². The highest BCUT2D eigenvalue weighted by Gasteiger charge is 2.34. The van der Waals surface area contributed by atoms with Crippen molar-refractivity contribution in [2.45, 2.75) is 32.7 Å². The van der Waals surface area contributed by atoms with Crippen LogP contribution in [-0.2, 0) is 6.54 Å². The van der Waals surface area contributed by atoms with Crippen LogP contribution in [0.1, 0.15) is 31.9 Å². The van der Waals surface area contributed by atoms with E-state index < -0.39 is 0 Å². The van der Waals surface area contributed by atoms with E-state index in [1.54, 1.807) is 12.3 Å². The first-order chi connectivity index (χ1) is 12.0. The lowest BCUT2D eigenvalue weighted by molar-refractivity contribution is 0.109. The van der Waals surface area contributed by atoms with Crippen LogP contribution in [0.15, 0.2) is 35.3 Å². The van der Waals surface area contributed by atoms with Gasteiger partial charge >= 0.3 is 0 Å². The predicted molar refractivity (Wildman–Crippen MR) is 101 cm³/mol. The first kappa shape index (κ1) is 16.8. The number of aromatic nitrogens is 2. The molecule has 2 aromatic rings. The van der Waals surface area contributed by atoms with Gasteiger partial charge in [0.05, 0.1) is 10.7 Å². The normalized spacial score (nSPS) is 22.9. The minimum atomic E-state index is 0.0938. The van der Waals surface area contributed by atoms with Crippen LogP contribution in [0.4, 0.5) is 0 Å². The molecule has 2 atom stereocenters. The van der Waals surface area contributed by atoms with Gasteiger partial charge in [-0.15, -0.1) is 0 Å². The second-order valence-electron chi connectivity index (χ2n) is 7.89. The molecule has 2 aliphatic heterocycles. The molecule has 0 aromatic carbocycles. The van der Waals surface area contributed by atoms with Gasteiger partial charge in [0.1, 0.15) is 0 Å². The van der Waals surface area contributed by atoms with E-state index in [0.29, 0.717) is 22.8 Å². The number of hydrogen-bond acceptors (Lipinski definition) is 3. The van der Waals surface area contributed by atoms with Gasteiger partial charge in [0.2, 0.25) is 0 Å². The zero-order chi connectivity index (χ0) is 17.6. The molecule has 132 valence electrons. The van der Waals surface area contributed by atoms with E-state index >= 15 is 0 Å². The third-order valence-corrected chi connectivity index (χ3v) is 5.50. The Kier molecular flexibility index (Phi) is 4.42. The maximum absolute atomic E-state index is 12.7. The van der Waals surface area contributed by atoms with E-state index in [-0.39, 0.29) is 5.56 Å². The first-order valence-corrected chi connectivity index (χ1v) is 9.46. The zero-order valence-electron chi connectivity index (χ0n) is 14.8. The number of hydrogen-bond donors (Lipinski definition) is 0. The predicted octanol–water partition coefficient (Wildman–Crippen LogP) is 3.64. The Morgan fingerprint density at radius 1 is 1.24 bits per heavy atom. The maximum atomic E-state index is 12.7. The third kappa shape index (κ3) is 3.38. The second-order valence-corrected chi connectivity index (χ2v) is 8.33. The summed E-state index contributed by atoms with van der Waals surface area (Å²) in [5, 5.41) is 0.609. The van der Waals surface area contributed by atoms with Gasteiger partial charge in [0.25, 0.3) is 5.56 Å². The molecule has 0 amide bonds. The van der Waals surface area contributed by atoms with Crippen molar-refractivity contribution in [3.05, 3.63) is 51.5 Å². The van der Waals surface area contributed by atoms with Crippen LogP contribution in [0.25, 0.3) is 11.3 Å². The number of pyridine rings is 2. The van der Waals surface area contributed by atoms with Crippen LogP contribution < -0.4 is 5.56 Å². The Hall–Kier alpha value is -1.65. The summed E-state index contributed by atoms with van der Waals surface area (Å²) in [5.74, 6) is 1.69. The largest absolute Gasteiger partial charge is 0.312 e. The van der Waals surface area contributed by atoms with Crippen LogP contribution in [0, 0.1) is 11.8 Å². The first-order valence-electron chi connectivity index (χ1n) is 9.08. The van der Waals surface area contributed by atoms with Gasteiger partial charge in [0.15, 0.2) is 0 Å². The van der Waals surface area contributed by atoms with Crippen molar-refractivity contribution in [2.75, 3.05) is 19.6 Å². The number of piperidine rings is 1. The fourth-order valence-electron chi connectivity index (χ4n) is 4.42. The highest BCUT2D eigenvalue weighted by molar-refractivity contribution is 6.30. The molecule has 2 aromatic heterocycles. The second kappa shape index (κ2) is 6.58. The molecular formula is C20H24ClN3O. The summed E-state index contributed by atoms with van der Waals surface area (Å²) in [6, 6.07) is 7.58. The van der Waals surface area contributed by atoms with Crippen molar-refractivity contribution in [2.24, 2.45) is 11.8 Å². The summed E-state index contributed by atoms with van der Waals surface area (Å²) in [5.41, 5.74) is 2.97. The summed E-state index contributed by atoms with van der Waals surface area (Å²) < 4.78 is 1.99. The molecule has 1 fully saturated rings. The van der Waals surface area contributed by atoms with Crippen LogP contribution in [-0.4, -0.2) is 34.1 Å². The van der Waals surface area contributed by atoms with E-state index in [1.165, 1.54) is 12.1 Å². The van der Waals surface area contributed by atoms with Crippen molar-refractivity contribution in [3.63, 3.8) is 0 Å². The molecule has 25 heavy (non-hydrogen) atoms. The quantitative estimate of drug-likeness (QED) is 0.841. The smallest absolute Gasteiger partial charge is 0.251 e. The fourth-order valence-corrected chi connectivity index (χ4v) is 4.53. The van der Waals surface area contributed by atoms with Gasteiger partial charge in [-0.2, -0.15) is 0 Å². The molecule has 0 N–H and O–H groups in total. The molecule has 0 unspecified atom stereocenters. The van der Waals surface area contributed by atoms with Crippen LogP contribution in [0.2, 0.25) is 5.02 Å². The highest BCUT2D eigenvalue weighted by Crippen LogP contribution is 2.36.